The molecule has 1 heterocycles. The number of hydrogen-bond acceptors (Lipinski definition) is 4. The number of esters is 1. The van der Waals surface area contributed by atoms with Crippen LogP contribution in [-0.2, 0) is 4.74 Å². The molecule has 1 aromatic heterocycles. The largest absolute Gasteiger partial charge is 0.456 e. The van der Waals surface area contributed by atoms with Crippen molar-refractivity contribution in [3.05, 3.63) is 64.3 Å². The maximum absolute atomic E-state index is 11.6. The number of aromatic nitrogens is 1. The van der Waals surface area contributed by atoms with Crippen LogP contribution in [0.4, 0.5) is 0 Å². The molecule has 0 aliphatic heterocycles. The molecule has 0 amide bonds. The molecule has 2 rings (SSSR count). The molecular weight excluding hydrogens is 256 g/mol. The zero-order valence-corrected chi connectivity index (χ0v) is 10.9. The number of hydrogen-bond donors (Lipinski definition) is 0. The summed E-state index contributed by atoms with van der Waals surface area (Å²) < 4.78 is 4.77. The van der Waals surface area contributed by atoms with E-state index in [2.05, 4.69) is 15.0 Å². The van der Waals surface area contributed by atoms with Gasteiger partial charge in [-0.3, -0.25) is 4.98 Å². The molecule has 6 nitrogen and oxygen atoms in total. The van der Waals surface area contributed by atoms with Gasteiger partial charge in [0.2, 0.25) is 0 Å². The number of pyridine rings is 1. The van der Waals surface area contributed by atoms with Crippen LogP contribution in [0.5, 0.6) is 0 Å². The van der Waals surface area contributed by atoms with Gasteiger partial charge in [-0.25, -0.2) is 4.79 Å². The molecule has 20 heavy (non-hydrogen) atoms. The summed E-state index contributed by atoms with van der Waals surface area (Å²) >= 11 is 0. The smallest absolute Gasteiger partial charge is 0.338 e. The monoisotopic (exact) mass is 268 g/mol. The maximum Gasteiger partial charge on any atom is 0.338 e. The van der Waals surface area contributed by atoms with Gasteiger partial charge in [-0.05, 0) is 41.8 Å². The Labute approximate surface area is 115 Å². The highest BCUT2D eigenvalue weighted by molar-refractivity contribution is 5.90. The maximum atomic E-state index is 11.6. The lowest BCUT2D eigenvalue weighted by Gasteiger charge is -2.06. The topological polar surface area (TPSA) is 88.0 Å². The van der Waals surface area contributed by atoms with E-state index in [1.165, 1.54) is 0 Å². The van der Waals surface area contributed by atoms with Gasteiger partial charge in [0, 0.05) is 22.9 Å². The second kappa shape index (κ2) is 6.36. The van der Waals surface area contributed by atoms with E-state index in [1.807, 2.05) is 25.1 Å². The van der Waals surface area contributed by atoms with Crippen LogP contribution in [0, 0.1) is 6.92 Å². The molecule has 0 bridgehead atoms. The number of azide groups is 1. The first-order valence-electron chi connectivity index (χ1n) is 5.91. The first kappa shape index (κ1) is 13.6. The van der Waals surface area contributed by atoms with Crippen LogP contribution in [0.25, 0.3) is 21.6 Å². The lowest BCUT2D eigenvalue weighted by molar-refractivity contribution is 0.0515. The Kier molecular flexibility index (Phi) is 4.32. The van der Waals surface area contributed by atoms with Gasteiger partial charge in [-0.15, -0.1) is 0 Å². The fourth-order valence-electron chi connectivity index (χ4n) is 1.75. The van der Waals surface area contributed by atoms with Crippen molar-refractivity contribution >= 4 is 5.97 Å². The van der Waals surface area contributed by atoms with Crippen LogP contribution >= 0.6 is 0 Å². The molecule has 0 saturated heterocycles. The minimum atomic E-state index is -0.521. The van der Waals surface area contributed by atoms with E-state index in [-0.39, 0.29) is 6.73 Å². The van der Waals surface area contributed by atoms with E-state index in [0.717, 1.165) is 16.7 Å². The van der Waals surface area contributed by atoms with Gasteiger partial charge in [0.25, 0.3) is 0 Å². The summed E-state index contributed by atoms with van der Waals surface area (Å²) in [7, 11) is 0. The molecule has 0 unspecified atom stereocenters. The van der Waals surface area contributed by atoms with Crippen LogP contribution in [0.2, 0.25) is 0 Å². The first-order valence-corrected chi connectivity index (χ1v) is 5.91. The molecule has 0 radical (unpaired) electrons. The SMILES string of the molecule is Cc1ccncc1-c1ccc(C(=O)OCN=[N+]=[N-])cc1. The van der Waals surface area contributed by atoms with E-state index in [1.54, 1.807) is 24.5 Å². The van der Waals surface area contributed by atoms with E-state index in [9.17, 15) is 4.79 Å². The minimum Gasteiger partial charge on any atom is -0.456 e. The number of carbonyl (C=O) groups is 1. The van der Waals surface area contributed by atoms with E-state index < -0.39 is 5.97 Å². The highest BCUT2D eigenvalue weighted by atomic mass is 16.5. The third-order valence-electron chi connectivity index (χ3n) is 2.79. The Morgan fingerprint density at radius 2 is 2.10 bits per heavy atom. The number of benzene rings is 1. The Hall–Kier alpha value is -2.85. The van der Waals surface area contributed by atoms with Crippen LogP contribution in [-0.4, -0.2) is 17.7 Å². The van der Waals surface area contributed by atoms with Gasteiger partial charge < -0.3 is 4.74 Å². The predicted molar refractivity (Wildman–Crippen MR) is 73.8 cm³/mol. The fourth-order valence-corrected chi connectivity index (χ4v) is 1.75. The Morgan fingerprint density at radius 3 is 2.75 bits per heavy atom. The Morgan fingerprint density at radius 1 is 1.35 bits per heavy atom. The quantitative estimate of drug-likeness (QED) is 0.368. The second-order valence-electron chi connectivity index (χ2n) is 4.06. The van der Waals surface area contributed by atoms with Crippen molar-refractivity contribution in [2.75, 3.05) is 6.73 Å². The predicted octanol–water partition coefficient (Wildman–Crippen LogP) is 3.48. The van der Waals surface area contributed by atoms with Gasteiger partial charge in [0.05, 0.1) is 5.56 Å². The average molecular weight is 268 g/mol. The van der Waals surface area contributed by atoms with Gasteiger partial charge in [0.15, 0.2) is 6.73 Å². The van der Waals surface area contributed by atoms with Gasteiger partial charge in [-0.2, -0.15) is 0 Å². The molecule has 0 aliphatic carbocycles. The molecular formula is C14H12N4O2. The lowest BCUT2D eigenvalue weighted by Crippen LogP contribution is -2.04. The average Bonchev–Trinajstić information content (AvgIpc) is 2.48. The highest BCUT2D eigenvalue weighted by Crippen LogP contribution is 2.22. The molecule has 1 aromatic carbocycles. The zero-order chi connectivity index (χ0) is 14.4. The fraction of sp³-hybridized carbons (Fsp3) is 0.143. The van der Waals surface area contributed by atoms with Crippen LogP contribution in [0.1, 0.15) is 15.9 Å². The molecule has 0 N–H and O–H groups in total. The van der Waals surface area contributed by atoms with Crippen molar-refractivity contribution in [1.82, 2.24) is 4.98 Å². The van der Waals surface area contributed by atoms with E-state index >= 15 is 0 Å². The number of ether oxygens (including phenoxy) is 1. The van der Waals surface area contributed by atoms with E-state index in [0.29, 0.717) is 5.56 Å². The third kappa shape index (κ3) is 3.13. The van der Waals surface area contributed by atoms with Crippen molar-refractivity contribution in [2.24, 2.45) is 5.11 Å². The number of carbonyl (C=O) groups excluding carboxylic acids is 1. The van der Waals surface area contributed by atoms with Crippen molar-refractivity contribution in [3.63, 3.8) is 0 Å². The standard InChI is InChI=1S/C14H12N4O2/c1-10-6-7-16-8-13(10)11-2-4-12(5-3-11)14(19)20-9-17-18-15/h2-8H,9H2,1H3. The van der Waals surface area contributed by atoms with Crippen molar-refractivity contribution < 1.29 is 9.53 Å². The molecule has 0 aliphatic rings. The molecule has 6 heteroatoms. The zero-order valence-electron chi connectivity index (χ0n) is 10.9. The molecule has 0 spiro atoms. The lowest BCUT2D eigenvalue weighted by atomic mass is 10.0. The second-order valence-corrected chi connectivity index (χ2v) is 4.06. The number of nitrogens with zero attached hydrogens (tertiary/aromatic N) is 4. The van der Waals surface area contributed by atoms with Crippen molar-refractivity contribution in [1.29, 1.82) is 0 Å². The number of aryl methyl sites for hydroxylation is 1. The summed E-state index contributed by atoms with van der Waals surface area (Å²) in [6.07, 6.45) is 3.52. The number of rotatable bonds is 4. The summed E-state index contributed by atoms with van der Waals surface area (Å²) in [5.74, 6) is -0.521. The van der Waals surface area contributed by atoms with Crippen LogP contribution in [0.15, 0.2) is 47.8 Å². The highest BCUT2D eigenvalue weighted by Gasteiger charge is 2.07. The Bertz CT molecular complexity index is 661. The third-order valence-corrected chi connectivity index (χ3v) is 2.79. The van der Waals surface area contributed by atoms with Crippen LogP contribution < -0.4 is 0 Å². The first-order chi connectivity index (χ1) is 9.72. The minimum absolute atomic E-state index is 0.307. The van der Waals surface area contributed by atoms with Crippen LogP contribution in [0.3, 0.4) is 0 Å². The van der Waals surface area contributed by atoms with Gasteiger partial charge in [0.1, 0.15) is 0 Å². The summed E-state index contributed by atoms with van der Waals surface area (Å²) in [5, 5.41) is 3.14. The summed E-state index contributed by atoms with van der Waals surface area (Å²) in [4.78, 5) is 18.2. The van der Waals surface area contributed by atoms with Gasteiger partial charge in [-0.1, -0.05) is 17.2 Å². The summed E-state index contributed by atoms with van der Waals surface area (Å²) in [6.45, 7) is 1.69. The molecule has 2 aromatic rings. The molecule has 100 valence electrons. The normalized spacial score (nSPS) is 9.65. The molecule has 0 atom stereocenters. The Balaban J connectivity index is 2.16. The van der Waals surface area contributed by atoms with E-state index in [4.69, 9.17) is 10.3 Å². The molecule has 0 saturated carbocycles. The summed E-state index contributed by atoms with van der Waals surface area (Å²) in [6, 6.07) is 8.92. The molecule has 0 fully saturated rings. The van der Waals surface area contributed by atoms with Crippen molar-refractivity contribution in [2.45, 2.75) is 6.92 Å². The van der Waals surface area contributed by atoms with Gasteiger partial charge >= 0.3 is 5.97 Å². The summed E-state index contributed by atoms with van der Waals surface area (Å²) in [5.41, 5.74) is 11.6. The van der Waals surface area contributed by atoms with Crippen molar-refractivity contribution in [3.8, 4) is 11.1 Å².